The van der Waals surface area contributed by atoms with E-state index in [1.807, 2.05) is 0 Å². The fraction of sp³-hybridized carbons (Fsp3) is 0.357. The van der Waals surface area contributed by atoms with E-state index in [4.69, 9.17) is 10.8 Å². The smallest absolute Gasteiger partial charge is 0.335 e. The number of methoxy groups -OCH3 is 1. The van der Waals surface area contributed by atoms with Gasteiger partial charge >= 0.3 is 11.9 Å². The highest BCUT2D eigenvalue weighted by Crippen LogP contribution is 2.13. The Labute approximate surface area is 126 Å². The van der Waals surface area contributed by atoms with E-state index in [0.717, 1.165) is 23.1 Å². The summed E-state index contributed by atoms with van der Waals surface area (Å²) < 4.78 is 18.1. The monoisotopic (exact) mass is 312 g/mol. The summed E-state index contributed by atoms with van der Waals surface area (Å²) in [6.45, 7) is -0.166. The number of rotatable bonds is 6. The number of hydrogen-bond donors (Lipinski definition) is 2. The summed E-state index contributed by atoms with van der Waals surface area (Å²) in [4.78, 5) is 35.1. The lowest BCUT2D eigenvalue weighted by molar-refractivity contribution is -0.144. The summed E-state index contributed by atoms with van der Waals surface area (Å²) in [5.74, 6) is -3.04. The summed E-state index contributed by atoms with van der Waals surface area (Å²) in [6.07, 6.45) is -0.294. The van der Waals surface area contributed by atoms with Gasteiger partial charge in [-0.2, -0.15) is 0 Å². The number of amides is 1. The molecule has 0 saturated heterocycles. The van der Waals surface area contributed by atoms with Gasteiger partial charge < -0.3 is 20.5 Å². The fourth-order valence-corrected chi connectivity index (χ4v) is 1.80. The minimum atomic E-state index is -1.20. The molecule has 0 saturated carbocycles. The highest BCUT2D eigenvalue weighted by Gasteiger charge is 2.22. The number of hydrogen-bond acceptors (Lipinski definition) is 5. The first kappa shape index (κ1) is 17.6. The number of ether oxygens (including phenoxy) is 1. The minimum Gasteiger partial charge on any atom is -0.478 e. The molecule has 120 valence electrons. The molecule has 3 N–H and O–H groups in total. The molecule has 0 heterocycles. The first-order valence-electron chi connectivity index (χ1n) is 6.35. The Morgan fingerprint density at radius 2 is 2.05 bits per heavy atom. The van der Waals surface area contributed by atoms with Crippen LogP contribution in [0.1, 0.15) is 22.3 Å². The zero-order chi connectivity index (χ0) is 16.9. The molecule has 8 heteroatoms. The second kappa shape index (κ2) is 7.51. The van der Waals surface area contributed by atoms with Gasteiger partial charge in [0, 0.05) is 19.2 Å². The Kier molecular flexibility index (Phi) is 6.00. The topological polar surface area (TPSA) is 110 Å². The molecule has 0 bridgehead atoms. The first-order valence-corrected chi connectivity index (χ1v) is 6.35. The van der Waals surface area contributed by atoms with Gasteiger partial charge in [-0.15, -0.1) is 0 Å². The lowest BCUT2D eigenvalue weighted by Crippen LogP contribution is -2.42. The maximum Gasteiger partial charge on any atom is 0.335 e. The average Bonchev–Trinajstić information content (AvgIpc) is 2.47. The third-order valence-corrected chi connectivity index (χ3v) is 3.01. The van der Waals surface area contributed by atoms with Crippen LogP contribution in [0, 0.1) is 5.82 Å². The lowest BCUT2D eigenvalue weighted by Gasteiger charge is -2.21. The second-order valence-electron chi connectivity index (χ2n) is 4.69. The van der Waals surface area contributed by atoms with Gasteiger partial charge in [0.1, 0.15) is 5.82 Å². The number of carbonyl (C=O) groups is 3. The van der Waals surface area contributed by atoms with E-state index in [-0.39, 0.29) is 24.1 Å². The fourth-order valence-electron chi connectivity index (χ4n) is 1.80. The van der Waals surface area contributed by atoms with Crippen molar-refractivity contribution in [1.29, 1.82) is 0 Å². The lowest BCUT2D eigenvalue weighted by atomic mass is 10.1. The second-order valence-corrected chi connectivity index (χ2v) is 4.69. The molecule has 22 heavy (non-hydrogen) atoms. The predicted octanol–water partition coefficient (Wildman–Crippen LogP) is 0.373. The summed E-state index contributed by atoms with van der Waals surface area (Å²) in [5, 5.41) is 8.88. The molecular weight excluding hydrogens is 295 g/mol. The van der Waals surface area contributed by atoms with Crippen molar-refractivity contribution in [3.05, 3.63) is 35.1 Å². The third kappa shape index (κ3) is 4.52. The van der Waals surface area contributed by atoms with Crippen molar-refractivity contribution < 1.29 is 28.6 Å². The van der Waals surface area contributed by atoms with Crippen LogP contribution in [0.15, 0.2) is 18.2 Å². The molecule has 1 rings (SSSR count). The summed E-state index contributed by atoms with van der Waals surface area (Å²) >= 11 is 0. The van der Waals surface area contributed by atoms with Crippen molar-refractivity contribution in [2.75, 3.05) is 14.2 Å². The largest absolute Gasteiger partial charge is 0.478 e. The first-order chi connectivity index (χ1) is 10.3. The normalized spacial score (nSPS) is 11.6. The zero-order valence-corrected chi connectivity index (χ0v) is 12.2. The number of esters is 1. The molecule has 0 aliphatic heterocycles. The van der Waals surface area contributed by atoms with Crippen molar-refractivity contribution in [3.63, 3.8) is 0 Å². The molecule has 0 aliphatic rings. The Morgan fingerprint density at radius 1 is 1.41 bits per heavy atom. The number of benzene rings is 1. The van der Waals surface area contributed by atoms with Gasteiger partial charge in [0.05, 0.1) is 25.1 Å². The van der Waals surface area contributed by atoms with E-state index in [1.165, 1.54) is 14.2 Å². The van der Waals surface area contributed by atoms with Gasteiger partial charge in [-0.05, 0) is 18.2 Å². The molecule has 1 aromatic rings. The third-order valence-electron chi connectivity index (χ3n) is 3.01. The number of likely N-dealkylation sites (N-methyl/N-ethyl adjacent to an activating group) is 1. The van der Waals surface area contributed by atoms with Crippen LogP contribution in [0.2, 0.25) is 0 Å². The van der Waals surface area contributed by atoms with Gasteiger partial charge in [-0.3, -0.25) is 9.59 Å². The van der Waals surface area contributed by atoms with E-state index in [1.54, 1.807) is 0 Å². The molecule has 1 aromatic carbocycles. The van der Waals surface area contributed by atoms with Crippen molar-refractivity contribution in [2.24, 2.45) is 5.73 Å². The maximum absolute atomic E-state index is 13.7. The molecule has 1 atom stereocenters. The van der Waals surface area contributed by atoms with E-state index >= 15 is 0 Å². The molecule has 0 aliphatic carbocycles. The Bertz CT molecular complexity index is 591. The summed E-state index contributed by atoms with van der Waals surface area (Å²) in [6, 6.07) is 2.19. The highest BCUT2D eigenvalue weighted by atomic mass is 19.1. The van der Waals surface area contributed by atoms with E-state index in [2.05, 4.69) is 4.74 Å². The quantitative estimate of drug-likeness (QED) is 0.735. The van der Waals surface area contributed by atoms with Gasteiger partial charge in [0.15, 0.2) is 0 Å². The zero-order valence-electron chi connectivity index (χ0n) is 12.2. The van der Waals surface area contributed by atoms with Crippen LogP contribution in [0.5, 0.6) is 0 Å². The van der Waals surface area contributed by atoms with Crippen LogP contribution in [0.3, 0.4) is 0 Å². The Balaban J connectivity index is 2.81. The number of nitrogens with two attached hydrogens (primary N) is 1. The van der Waals surface area contributed by atoms with Crippen LogP contribution in [-0.4, -0.2) is 48.1 Å². The number of carboxylic acid groups (broad SMARTS) is 1. The SMILES string of the molecule is COC(=O)C[C@H](N)C(=O)N(C)Cc1cc(C(=O)O)ccc1F. The van der Waals surface area contributed by atoms with Gasteiger partial charge in [-0.1, -0.05) is 0 Å². The van der Waals surface area contributed by atoms with Gasteiger partial charge in [0.25, 0.3) is 0 Å². The molecule has 7 nitrogen and oxygen atoms in total. The average molecular weight is 312 g/mol. The van der Waals surface area contributed by atoms with Crippen LogP contribution in [-0.2, 0) is 20.9 Å². The molecule has 0 unspecified atom stereocenters. The predicted molar refractivity (Wildman–Crippen MR) is 74.4 cm³/mol. The van der Waals surface area contributed by atoms with Gasteiger partial charge in [-0.25, -0.2) is 9.18 Å². The molecular formula is C14H17FN2O5. The maximum atomic E-state index is 13.7. The Morgan fingerprint density at radius 3 is 2.59 bits per heavy atom. The highest BCUT2D eigenvalue weighted by molar-refractivity contribution is 5.88. The van der Waals surface area contributed by atoms with Crippen molar-refractivity contribution in [2.45, 2.75) is 19.0 Å². The van der Waals surface area contributed by atoms with Crippen LogP contribution >= 0.6 is 0 Å². The van der Waals surface area contributed by atoms with E-state index in [0.29, 0.717) is 0 Å². The van der Waals surface area contributed by atoms with Crippen LogP contribution in [0.25, 0.3) is 0 Å². The van der Waals surface area contributed by atoms with Crippen molar-refractivity contribution in [3.8, 4) is 0 Å². The number of carbonyl (C=O) groups excluding carboxylic acids is 2. The number of carboxylic acids is 1. The molecule has 0 fully saturated rings. The van der Waals surface area contributed by atoms with Crippen LogP contribution in [0.4, 0.5) is 4.39 Å². The van der Waals surface area contributed by atoms with Gasteiger partial charge in [0.2, 0.25) is 5.91 Å². The number of aromatic carboxylic acids is 1. The standard InChI is InChI=1S/C14H17FN2O5/c1-17(13(19)11(16)6-12(18)22-2)7-9-5-8(14(20)21)3-4-10(9)15/h3-5,11H,6-7,16H2,1-2H3,(H,20,21)/t11-/m0/s1. The molecule has 0 aromatic heterocycles. The number of halogens is 1. The van der Waals surface area contributed by atoms with Crippen molar-refractivity contribution >= 4 is 17.8 Å². The Hall–Kier alpha value is -2.48. The van der Waals surface area contributed by atoms with E-state index in [9.17, 15) is 18.8 Å². The number of nitrogens with zero attached hydrogens (tertiary/aromatic N) is 1. The molecule has 0 radical (unpaired) electrons. The van der Waals surface area contributed by atoms with Crippen molar-refractivity contribution in [1.82, 2.24) is 4.90 Å². The summed E-state index contributed by atoms with van der Waals surface area (Å²) in [5.41, 5.74) is 5.54. The molecule has 0 spiro atoms. The summed E-state index contributed by atoms with van der Waals surface area (Å²) in [7, 11) is 2.56. The minimum absolute atomic E-state index is 0.0426. The van der Waals surface area contributed by atoms with E-state index < -0.39 is 29.7 Å². The molecule has 1 amide bonds. The van der Waals surface area contributed by atoms with Crippen LogP contribution < -0.4 is 5.73 Å².